The zero-order chi connectivity index (χ0) is 15.4. The molecule has 22 heavy (non-hydrogen) atoms. The minimum absolute atomic E-state index is 0.859. The molecule has 0 bridgehead atoms. The maximum absolute atomic E-state index is 5.28. The van der Waals surface area contributed by atoms with Crippen LogP contribution in [-0.2, 0) is 4.74 Å². The Morgan fingerprint density at radius 1 is 1.09 bits per heavy atom. The molecule has 0 aliphatic carbocycles. The van der Waals surface area contributed by atoms with E-state index in [-0.39, 0.29) is 0 Å². The van der Waals surface area contributed by atoms with E-state index in [1.807, 2.05) is 0 Å². The molecule has 1 aliphatic heterocycles. The second-order valence-electron chi connectivity index (χ2n) is 6.29. The Hall–Kier alpha value is -0.940. The van der Waals surface area contributed by atoms with Gasteiger partial charge in [0.05, 0.1) is 26.7 Å². The summed E-state index contributed by atoms with van der Waals surface area (Å²) in [5.74, 6) is 0. The lowest BCUT2D eigenvalue weighted by molar-refractivity contribution is -0.912. The second kappa shape index (κ2) is 7.09. The standard InChI is InChI=1S/C18H24NOS2/c1-19(9-10-20-2)7-3-15(4-8-19)18(16-5-11-21-13-16)17-6-12-22-14-17/h5-6,11-14H,3-4,7-10H2,1-2H3/q+1. The van der Waals surface area contributed by atoms with Crippen molar-refractivity contribution in [1.29, 1.82) is 0 Å². The highest BCUT2D eigenvalue weighted by Crippen LogP contribution is 2.35. The smallest absolute Gasteiger partial charge is 0.102 e. The van der Waals surface area contributed by atoms with E-state index in [0.717, 1.165) is 17.6 Å². The van der Waals surface area contributed by atoms with Gasteiger partial charge in [0.2, 0.25) is 0 Å². The highest BCUT2D eigenvalue weighted by atomic mass is 32.1. The summed E-state index contributed by atoms with van der Waals surface area (Å²) in [6.45, 7) is 4.42. The monoisotopic (exact) mass is 334 g/mol. The molecule has 1 saturated heterocycles. The third kappa shape index (κ3) is 3.51. The second-order valence-corrected chi connectivity index (χ2v) is 7.85. The number of likely N-dealkylation sites (tertiary alicyclic amines) is 1. The van der Waals surface area contributed by atoms with Crippen LogP contribution in [0.2, 0.25) is 0 Å². The van der Waals surface area contributed by atoms with Crippen molar-refractivity contribution in [3.05, 3.63) is 50.4 Å². The van der Waals surface area contributed by atoms with Crippen LogP contribution >= 0.6 is 22.7 Å². The number of nitrogens with zero attached hydrogens (tertiary/aromatic N) is 1. The lowest BCUT2D eigenvalue weighted by atomic mass is 9.90. The Morgan fingerprint density at radius 3 is 2.14 bits per heavy atom. The third-order valence-electron chi connectivity index (χ3n) is 4.72. The molecule has 3 rings (SSSR count). The molecule has 0 radical (unpaired) electrons. The fraction of sp³-hybridized carbons (Fsp3) is 0.444. The van der Waals surface area contributed by atoms with Crippen molar-refractivity contribution in [3.8, 4) is 0 Å². The van der Waals surface area contributed by atoms with Crippen molar-refractivity contribution in [2.24, 2.45) is 0 Å². The van der Waals surface area contributed by atoms with E-state index in [1.165, 1.54) is 42.6 Å². The van der Waals surface area contributed by atoms with Gasteiger partial charge in [0.1, 0.15) is 6.54 Å². The first kappa shape index (κ1) is 15.9. The first-order valence-electron chi connectivity index (χ1n) is 7.81. The lowest BCUT2D eigenvalue weighted by Gasteiger charge is -2.39. The van der Waals surface area contributed by atoms with Crippen LogP contribution in [0, 0.1) is 0 Å². The van der Waals surface area contributed by atoms with Gasteiger partial charge in [-0.05, 0) is 50.4 Å². The Bertz CT molecular complexity index is 567. The van der Waals surface area contributed by atoms with Crippen LogP contribution in [0.4, 0.5) is 0 Å². The number of hydrogen-bond donors (Lipinski definition) is 0. The number of piperidine rings is 1. The first-order chi connectivity index (χ1) is 10.7. The number of likely N-dealkylation sites (N-methyl/N-ethyl adjacent to an activating group) is 1. The number of thiophene rings is 2. The molecule has 3 heterocycles. The van der Waals surface area contributed by atoms with Crippen LogP contribution in [0.3, 0.4) is 0 Å². The maximum atomic E-state index is 5.28. The van der Waals surface area contributed by atoms with E-state index >= 15 is 0 Å². The Labute approximate surface area is 141 Å². The summed E-state index contributed by atoms with van der Waals surface area (Å²) in [7, 11) is 4.16. The summed E-state index contributed by atoms with van der Waals surface area (Å²) >= 11 is 3.58. The van der Waals surface area contributed by atoms with Crippen LogP contribution in [0.15, 0.2) is 39.2 Å². The van der Waals surface area contributed by atoms with Crippen LogP contribution in [0.25, 0.3) is 5.57 Å². The highest BCUT2D eigenvalue weighted by molar-refractivity contribution is 7.08. The molecule has 0 spiro atoms. The van der Waals surface area contributed by atoms with E-state index in [1.54, 1.807) is 35.4 Å². The van der Waals surface area contributed by atoms with Crippen molar-refractivity contribution < 1.29 is 9.22 Å². The SMILES string of the molecule is COCC[N+]1(C)CCC(=C(c2ccsc2)c2ccsc2)CC1. The van der Waals surface area contributed by atoms with E-state index in [9.17, 15) is 0 Å². The Kier molecular flexibility index (Phi) is 5.14. The lowest BCUT2D eigenvalue weighted by Crippen LogP contribution is -2.50. The summed E-state index contributed by atoms with van der Waals surface area (Å²) in [6.07, 6.45) is 2.39. The zero-order valence-corrected chi connectivity index (χ0v) is 15.0. The summed E-state index contributed by atoms with van der Waals surface area (Å²) < 4.78 is 6.41. The molecule has 4 heteroatoms. The first-order valence-corrected chi connectivity index (χ1v) is 9.70. The molecular formula is C18H24NOS2+. The summed E-state index contributed by atoms with van der Waals surface area (Å²) in [4.78, 5) is 0. The molecule has 0 saturated carbocycles. The minimum atomic E-state index is 0.859. The van der Waals surface area contributed by atoms with Crippen molar-refractivity contribution in [2.45, 2.75) is 12.8 Å². The van der Waals surface area contributed by atoms with Crippen LogP contribution in [0.5, 0.6) is 0 Å². The average Bonchev–Trinajstić information content (AvgIpc) is 3.22. The van der Waals surface area contributed by atoms with Gasteiger partial charge < -0.3 is 9.22 Å². The predicted molar refractivity (Wildman–Crippen MR) is 96.6 cm³/mol. The molecule has 2 nitrogen and oxygen atoms in total. The number of methoxy groups -OCH3 is 1. The molecule has 0 unspecified atom stereocenters. The fourth-order valence-corrected chi connectivity index (χ4v) is 4.51. The molecule has 1 aliphatic rings. The normalized spacial score (nSPS) is 22.0. The Morgan fingerprint density at radius 2 is 1.68 bits per heavy atom. The molecule has 0 aromatic carbocycles. The van der Waals surface area contributed by atoms with E-state index in [2.05, 4.69) is 40.7 Å². The van der Waals surface area contributed by atoms with Gasteiger partial charge in [-0.25, -0.2) is 0 Å². The quantitative estimate of drug-likeness (QED) is 0.732. The van der Waals surface area contributed by atoms with Gasteiger partial charge in [-0.2, -0.15) is 22.7 Å². The zero-order valence-electron chi connectivity index (χ0n) is 13.4. The summed E-state index contributed by atoms with van der Waals surface area (Å²) in [5.41, 5.74) is 5.91. The van der Waals surface area contributed by atoms with Gasteiger partial charge >= 0.3 is 0 Å². The number of rotatable bonds is 5. The maximum Gasteiger partial charge on any atom is 0.102 e. The number of ether oxygens (including phenoxy) is 1. The van der Waals surface area contributed by atoms with Crippen molar-refractivity contribution in [1.82, 2.24) is 0 Å². The molecule has 2 aromatic heterocycles. The van der Waals surface area contributed by atoms with Gasteiger partial charge in [-0.3, -0.25) is 0 Å². The van der Waals surface area contributed by atoms with Gasteiger partial charge in [0.25, 0.3) is 0 Å². The van der Waals surface area contributed by atoms with Crippen LogP contribution in [-0.4, -0.2) is 44.9 Å². The fourth-order valence-electron chi connectivity index (χ4n) is 3.22. The molecule has 2 aromatic rings. The topological polar surface area (TPSA) is 9.23 Å². The highest BCUT2D eigenvalue weighted by Gasteiger charge is 2.28. The molecule has 0 N–H and O–H groups in total. The van der Waals surface area contributed by atoms with Gasteiger partial charge in [-0.1, -0.05) is 5.57 Å². The molecule has 0 atom stereocenters. The molecular weight excluding hydrogens is 310 g/mol. The third-order valence-corrected chi connectivity index (χ3v) is 6.08. The summed E-state index contributed by atoms with van der Waals surface area (Å²) in [6, 6.07) is 4.52. The minimum Gasteiger partial charge on any atom is -0.379 e. The largest absolute Gasteiger partial charge is 0.379 e. The molecule has 0 amide bonds. The van der Waals surface area contributed by atoms with Crippen LogP contribution in [0.1, 0.15) is 24.0 Å². The summed E-state index contributed by atoms with van der Waals surface area (Å²) in [5, 5.41) is 8.94. The van der Waals surface area contributed by atoms with Crippen LogP contribution < -0.4 is 0 Å². The van der Waals surface area contributed by atoms with Crippen molar-refractivity contribution >= 4 is 28.2 Å². The van der Waals surface area contributed by atoms with E-state index < -0.39 is 0 Å². The van der Waals surface area contributed by atoms with Crippen molar-refractivity contribution in [3.63, 3.8) is 0 Å². The van der Waals surface area contributed by atoms with Gasteiger partial charge in [0.15, 0.2) is 0 Å². The van der Waals surface area contributed by atoms with E-state index in [0.29, 0.717) is 0 Å². The average molecular weight is 335 g/mol. The van der Waals surface area contributed by atoms with Crippen molar-refractivity contribution in [2.75, 3.05) is 40.4 Å². The molecule has 1 fully saturated rings. The predicted octanol–water partition coefficient (Wildman–Crippen LogP) is 4.50. The Balaban J connectivity index is 1.85. The number of hydrogen-bond acceptors (Lipinski definition) is 3. The van der Waals surface area contributed by atoms with E-state index in [4.69, 9.17) is 4.74 Å². The number of quaternary nitrogens is 1. The van der Waals surface area contributed by atoms with Gasteiger partial charge in [-0.15, -0.1) is 0 Å². The molecule has 118 valence electrons. The van der Waals surface area contributed by atoms with Gasteiger partial charge in [0, 0.05) is 20.0 Å².